The van der Waals surface area contributed by atoms with Gasteiger partial charge in [0.1, 0.15) is 0 Å². The van der Waals surface area contributed by atoms with Crippen LogP contribution in [0.1, 0.15) is 13.8 Å². The van der Waals surface area contributed by atoms with Gasteiger partial charge in [-0.25, -0.2) is 0 Å². The Morgan fingerprint density at radius 1 is 1.33 bits per heavy atom. The minimum Gasteiger partial charge on any atom is -0.616 e. The van der Waals surface area contributed by atoms with Crippen LogP contribution in [-0.4, -0.2) is 29.5 Å². The molecular weight excluding hydrogens is 199 g/mol. The average Bonchev–Trinajstić information content (AvgIpc) is 1.85. The van der Waals surface area contributed by atoms with E-state index in [1.165, 1.54) is 6.26 Å². The molecule has 0 fully saturated rings. The molecule has 1 atom stereocenters. The fraction of sp³-hybridized carbons (Fsp3) is 1.00. The van der Waals surface area contributed by atoms with Crippen LogP contribution in [0.4, 0.5) is 0 Å². The summed E-state index contributed by atoms with van der Waals surface area (Å²) in [7, 11) is -3.08. The Kier molecular flexibility index (Phi) is 6.23. The van der Waals surface area contributed by atoms with Gasteiger partial charge in [0.2, 0.25) is 5.49 Å². The summed E-state index contributed by atoms with van der Waals surface area (Å²) in [4.78, 5) is 0. The first-order valence-electron chi connectivity index (χ1n) is 3.72. The zero-order valence-electron chi connectivity index (χ0n) is 7.61. The van der Waals surface area contributed by atoms with E-state index in [1.54, 1.807) is 13.8 Å². The van der Waals surface area contributed by atoms with Crippen LogP contribution in [0.15, 0.2) is 0 Å². The summed E-state index contributed by atoms with van der Waals surface area (Å²) >= 11 is -1.15. The predicted octanol–water partition coefficient (Wildman–Crippen LogP) is 1.59. The van der Waals surface area contributed by atoms with Crippen LogP contribution in [0.2, 0.25) is 0 Å². The lowest BCUT2D eigenvalue weighted by atomic mass is 10.9. The predicted molar refractivity (Wildman–Crippen MR) is 49.8 cm³/mol. The Labute approximate surface area is 76.3 Å². The Morgan fingerprint density at radius 3 is 2.00 bits per heavy atom. The number of hydrogen-bond donors (Lipinski definition) is 0. The Hall–Kier alpha value is 0.460. The van der Waals surface area contributed by atoms with Crippen LogP contribution in [0.25, 0.3) is 0 Å². The van der Waals surface area contributed by atoms with Crippen molar-refractivity contribution in [2.45, 2.75) is 13.8 Å². The second-order valence-corrected chi connectivity index (χ2v) is 6.07. The van der Waals surface area contributed by atoms with E-state index >= 15 is 0 Å². The van der Waals surface area contributed by atoms with Crippen LogP contribution >= 0.6 is 7.60 Å². The van der Waals surface area contributed by atoms with Gasteiger partial charge in [-0.05, 0) is 25.0 Å². The maximum absolute atomic E-state index is 11.6. The van der Waals surface area contributed by atoms with Gasteiger partial charge in [-0.1, -0.05) is 0 Å². The fourth-order valence-corrected chi connectivity index (χ4v) is 3.97. The van der Waals surface area contributed by atoms with E-state index in [1.807, 2.05) is 0 Å². The van der Waals surface area contributed by atoms with E-state index < -0.39 is 18.8 Å². The molecule has 0 radical (unpaired) electrons. The van der Waals surface area contributed by atoms with E-state index in [9.17, 15) is 9.12 Å². The third-order valence-corrected chi connectivity index (χ3v) is 5.01. The molecule has 0 saturated carbocycles. The summed E-state index contributed by atoms with van der Waals surface area (Å²) in [5.74, 6) is 0. The molecule has 0 rings (SSSR count). The highest BCUT2D eigenvalue weighted by Gasteiger charge is 2.28. The lowest BCUT2D eigenvalue weighted by Gasteiger charge is -2.16. The zero-order valence-corrected chi connectivity index (χ0v) is 9.32. The van der Waals surface area contributed by atoms with Crippen molar-refractivity contribution < 1.29 is 18.2 Å². The minimum absolute atomic E-state index is 0.0192. The molecule has 0 saturated heterocycles. The van der Waals surface area contributed by atoms with E-state index in [0.29, 0.717) is 13.2 Å². The Morgan fingerprint density at radius 2 is 1.75 bits per heavy atom. The summed E-state index contributed by atoms with van der Waals surface area (Å²) in [5, 5.41) is 0. The van der Waals surface area contributed by atoms with Crippen molar-refractivity contribution in [1.82, 2.24) is 0 Å². The molecule has 0 spiro atoms. The quantitative estimate of drug-likeness (QED) is 0.497. The molecule has 0 N–H and O–H groups in total. The van der Waals surface area contributed by atoms with Gasteiger partial charge in [0.15, 0.2) is 0 Å². The van der Waals surface area contributed by atoms with Crippen molar-refractivity contribution >= 4 is 18.8 Å². The highest BCUT2D eigenvalue weighted by molar-refractivity contribution is 7.97. The van der Waals surface area contributed by atoms with Crippen molar-refractivity contribution in [2.24, 2.45) is 0 Å². The molecule has 0 amide bonds. The lowest BCUT2D eigenvalue weighted by molar-refractivity contribution is 0.224. The second kappa shape index (κ2) is 6.00. The Bertz CT molecular complexity index is 152. The first-order valence-corrected chi connectivity index (χ1v) is 7.17. The van der Waals surface area contributed by atoms with E-state index in [0.717, 1.165) is 0 Å². The van der Waals surface area contributed by atoms with Crippen LogP contribution in [0.5, 0.6) is 0 Å². The molecule has 12 heavy (non-hydrogen) atoms. The topological polar surface area (TPSA) is 58.6 Å². The van der Waals surface area contributed by atoms with Gasteiger partial charge in [0, 0.05) is 0 Å². The normalized spacial score (nSPS) is 14.7. The molecule has 6 heteroatoms. The van der Waals surface area contributed by atoms with E-state index in [4.69, 9.17) is 9.05 Å². The summed E-state index contributed by atoms with van der Waals surface area (Å²) in [6.45, 7) is 4.08. The first kappa shape index (κ1) is 12.5. The largest absolute Gasteiger partial charge is 0.616 e. The standard InChI is InChI=1S/C6H15O4PS/c1-4-9-11(7,10-5-2)6-12(3)8/h4-6H2,1-3H3. The van der Waals surface area contributed by atoms with E-state index in [2.05, 4.69) is 0 Å². The molecule has 74 valence electrons. The van der Waals surface area contributed by atoms with Crippen LogP contribution < -0.4 is 0 Å². The van der Waals surface area contributed by atoms with Crippen LogP contribution in [0, 0.1) is 0 Å². The molecule has 0 aliphatic carbocycles. The number of rotatable bonds is 6. The molecule has 0 aromatic carbocycles. The van der Waals surface area contributed by atoms with Gasteiger partial charge in [0.25, 0.3) is 0 Å². The summed E-state index contributed by atoms with van der Waals surface area (Å²) in [6, 6.07) is 0. The molecule has 1 unspecified atom stereocenters. The average molecular weight is 214 g/mol. The molecule has 0 aliphatic rings. The highest BCUT2D eigenvalue weighted by Crippen LogP contribution is 2.48. The third kappa shape index (κ3) is 5.17. The van der Waals surface area contributed by atoms with Gasteiger partial charge >= 0.3 is 7.60 Å². The van der Waals surface area contributed by atoms with Crippen molar-refractivity contribution in [3.8, 4) is 0 Å². The van der Waals surface area contributed by atoms with Gasteiger partial charge in [-0.15, -0.1) is 0 Å². The van der Waals surface area contributed by atoms with Crippen molar-refractivity contribution in [2.75, 3.05) is 25.0 Å². The second-order valence-electron chi connectivity index (χ2n) is 2.15. The zero-order chi connectivity index (χ0) is 9.61. The number of hydrogen-bond acceptors (Lipinski definition) is 4. The van der Waals surface area contributed by atoms with Gasteiger partial charge in [-0.2, -0.15) is 0 Å². The summed E-state index contributed by atoms with van der Waals surface area (Å²) < 4.78 is 32.2. The lowest BCUT2D eigenvalue weighted by Crippen LogP contribution is -2.08. The fourth-order valence-electron chi connectivity index (χ4n) is 0.728. The molecule has 0 aromatic rings. The maximum Gasteiger partial charge on any atom is 0.379 e. The SMILES string of the molecule is CCOP(=O)(C[S+](C)[O-])OCC. The molecular formula is C6H15O4PS. The molecule has 4 nitrogen and oxygen atoms in total. The van der Waals surface area contributed by atoms with Gasteiger partial charge in [0.05, 0.1) is 19.5 Å². The van der Waals surface area contributed by atoms with Crippen molar-refractivity contribution in [3.05, 3.63) is 0 Å². The van der Waals surface area contributed by atoms with E-state index in [-0.39, 0.29) is 5.49 Å². The molecule has 0 bridgehead atoms. The van der Waals surface area contributed by atoms with Crippen LogP contribution in [0.3, 0.4) is 0 Å². The first-order chi connectivity index (χ1) is 5.54. The third-order valence-electron chi connectivity index (χ3n) is 0.992. The Balaban J connectivity index is 4.08. The molecule has 0 aliphatic heterocycles. The smallest absolute Gasteiger partial charge is 0.379 e. The van der Waals surface area contributed by atoms with Gasteiger partial charge < -0.3 is 13.6 Å². The summed E-state index contributed by atoms with van der Waals surface area (Å²) in [5.41, 5.74) is -0.0192. The van der Waals surface area contributed by atoms with Crippen molar-refractivity contribution in [1.29, 1.82) is 0 Å². The monoisotopic (exact) mass is 214 g/mol. The molecule has 0 heterocycles. The maximum atomic E-state index is 11.6. The van der Waals surface area contributed by atoms with Gasteiger partial charge in [-0.3, -0.25) is 4.57 Å². The molecule has 0 aromatic heterocycles. The highest BCUT2D eigenvalue weighted by atomic mass is 32.2. The van der Waals surface area contributed by atoms with Crippen LogP contribution in [-0.2, 0) is 24.8 Å². The summed E-state index contributed by atoms with van der Waals surface area (Å²) in [6.07, 6.45) is 1.48. The minimum atomic E-state index is -3.08. The van der Waals surface area contributed by atoms with Crippen molar-refractivity contribution in [3.63, 3.8) is 0 Å².